The largest absolute Gasteiger partial charge is 0.508 e. The predicted octanol–water partition coefficient (Wildman–Crippen LogP) is 1.33. The van der Waals surface area contributed by atoms with Crippen molar-refractivity contribution in [3.05, 3.63) is 48.0 Å². The molecule has 0 radical (unpaired) electrons. The highest BCUT2D eigenvalue weighted by Crippen LogP contribution is 2.24. The summed E-state index contributed by atoms with van der Waals surface area (Å²) >= 11 is 0. The number of nitrogens with two attached hydrogens (primary N) is 1. The van der Waals surface area contributed by atoms with Crippen molar-refractivity contribution >= 4 is 21.6 Å². The molecular formula is C13H15N3O4S. The van der Waals surface area contributed by atoms with Crippen molar-refractivity contribution in [1.29, 1.82) is 0 Å². The normalized spacial score (nSPS) is 11.1. The smallest absolute Gasteiger partial charge is 0.296 e. The number of phenolic OH excluding ortho intramolecular Hbond substituents is 2. The molecule has 0 atom stereocenters. The van der Waals surface area contributed by atoms with Gasteiger partial charge < -0.3 is 15.5 Å². The Morgan fingerprint density at radius 1 is 1.05 bits per heavy atom. The summed E-state index contributed by atoms with van der Waals surface area (Å²) in [4.78, 5) is 0. The molecule has 112 valence electrons. The molecule has 21 heavy (non-hydrogen) atoms. The molecule has 0 fully saturated rings. The molecule has 7 nitrogen and oxygen atoms in total. The van der Waals surface area contributed by atoms with Crippen molar-refractivity contribution in [3.8, 4) is 11.5 Å². The van der Waals surface area contributed by atoms with Crippen LogP contribution in [0.4, 0.5) is 11.4 Å². The number of anilines is 2. The molecule has 0 aliphatic rings. The minimum Gasteiger partial charge on any atom is -0.508 e. The van der Waals surface area contributed by atoms with Gasteiger partial charge in [0.25, 0.3) is 10.2 Å². The van der Waals surface area contributed by atoms with Crippen molar-refractivity contribution in [2.45, 2.75) is 6.54 Å². The Hall–Kier alpha value is -2.45. The average Bonchev–Trinajstić information content (AvgIpc) is 2.36. The summed E-state index contributed by atoms with van der Waals surface area (Å²) in [6, 6.07) is 10.8. The molecule has 2 rings (SSSR count). The van der Waals surface area contributed by atoms with Gasteiger partial charge in [-0.2, -0.15) is 8.42 Å². The van der Waals surface area contributed by atoms with E-state index < -0.39 is 10.2 Å². The van der Waals surface area contributed by atoms with E-state index in [2.05, 4.69) is 10.0 Å². The fourth-order valence-electron chi connectivity index (χ4n) is 1.76. The Kier molecular flexibility index (Phi) is 4.20. The maximum Gasteiger partial charge on any atom is 0.296 e. The number of aromatic hydroxyl groups is 2. The molecule has 0 saturated heterocycles. The SMILES string of the molecule is NS(=O)(=O)Nc1cccc(NCc2ccc(O)cc2O)c1. The maximum atomic E-state index is 11.0. The van der Waals surface area contributed by atoms with Gasteiger partial charge in [0.15, 0.2) is 0 Å². The van der Waals surface area contributed by atoms with E-state index in [1.165, 1.54) is 12.1 Å². The molecule has 0 aliphatic heterocycles. The molecule has 0 bridgehead atoms. The van der Waals surface area contributed by atoms with Gasteiger partial charge in [0, 0.05) is 23.9 Å². The lowest BCUT2D eigenvalue weighted by molar-refractivity contribution is 0.446. The highest BCUT2D eigenvalue weighted by molar-refractivity contribution is 7.90. The first-order chi connectivity index (χ1) is 9.83. The summed E-state index contributed by atoms with van der Waals surface area (Å²) in [6.07, 6.45) is 0. The molecule has 0 spiro atoms. The van der Waals surface area contributed by atoms with Crippen LogP contribution >= 0.6 is 0 Å². The third-order valence-electron chi connectivity index (χ3n) is 2.67. The number of rotatable bonds is 5. The second kappa shape index (κ2) is 5.90. The fraction of sp³-hybridized carbons (Fsp3) is 0.0769. The van der Waals surface area contributed by atoms with Gasteiger partial charge in [0.2, 0.25) is 0 Å². The van der Waals surface area contributed by atoms with Gasteiger partial charge in [-0.1, -0.05) is 6.07 Å². The standard InChI is InChI=1S/C13H15N3O4S/c14-21(19,20)16-11-3-1-2-10(6-11)15-8-9-4-5-12(17)7-13(9)18/h1-7,15-18H,8H2,(H2,14,19,20). The van der Waals surface area contributed by atoms with E-state index >= 15 is 0 Å². The molecule has 0 aromatic heterocycles. The molecule has 0 amide bonds. The molecule has 2 aromatic rings. The van der Waals surface area contributed by atoms with Crippen LogP contribution in [0.15, 0.2) is 42.5 Å². The van der Waals surface area contributed by atoms with Crippen LogP contribution in [0.2, 0.25) is 0 Å². The van der Waals surface area contributed by atoms with Crippen LogP contribution in [0.5, 0.6) is 11.5 Å². The molecule has 0 unspecified atom stereocenters. The van der Waals surface area contributed by atoms with Crippen LogP contribution in [-0.4, -0.2) is 18.6 Å². The maximum absolute atomic E-state index is 11.0. The van der Waals surface area contributed by atoms with Gasteiger partial charge in [0.1, 0.15) is 11.5 Å². The van der Waals surface area contributed by atoms with E-state index in [0.717, 1.165) is 0 Å². The van der Waals surface area contributed by atoms with Gasteiger partial charge in [-0.15, -0.1) is 0 Å². The Bertz CT molecular complexity index is 747. The lowest BCUT2D eigenvalue weighted by Gasteiger charge is -2.10. The Balaban J connectivity index is 2.08. The number of hydrogen-bond acceptors (Lipinski definition) is 5. The summed E-state index contributed by atoms with van der Waals surface area (Å²) < 4.78 is 24.1. The summed E-state index contributed by atoms with van der Waals surface area (Å²) in [5.74, 6) is -0.0445. The zero-order valence-electron chi connectivity index (χ0n) is 10.9. The highest BCUT2D eigenvalue weighted by atomic mass is 32.2. The number of benzene rings is 2. The molecule has 0 heterocycles. The average molecular weight is 309 g/mol. The third-order valence-corrected chi connectivity index (χ3v) is 3.19. The van der Waals surface area contributed by atoms with Crippen molar-refractivity contribution in [3.63, 3.8) is 0 Å². The minimum absolute atomic E-state index is 0.0180. The second-order valence-corrected chi connectivity index (χ2v) is 5.69. The van der Waals surface area contributed by atoms with Crippen LogP contribution in [0.3, 0.4) is 0 Å². The quantitative estimate of drug-likeness (QED) is 0.570. The lowest BCUT2D eigenvalue weighted by Crippen LogP contribution is -2.21. The third kappa shape index (κ3) is 4.55. The number of hydrogen-bond donors (Lipinski definition) is 5. The lowest BCUT2D eigenvalue weighted by atomic mass is 10.2. The topological polar surface area (TPSA) is 125 Å². The van der Waals surface area contributed by atoms with E-state index in [4.69, 9.17) is 5.14 Å². The zero-order valence-corrected chi connectivity index (χ0v) is 11.8. The Morgan fingerprint density at radius 3 is 2.43 bits per heavy atom. The molecular weight excluding hydrogens is 294 g/mol. The summed E-state index contributed by atoms with van der Waals surface area (Å²) in [7, 11) is -3.82. The summed E-state index contributed by atoms with van der Waals surface area (Å²) in [5, 5.41) is 26.8. The highest BCUT2D eigenvalue weighted by Gasteiger charge is 2.05. The van der Waals surface area contributed by atoms with Crippen molar-refractivity contribution < 1.29 is 18.6 Å². The monoisotopic (exact) mass is 309 g/mol. The van der Waals surface area contributed by atoms with Crippen LogP contribution < -0.4 is 15.2 Å². The fourth-order valence-corrected chi connectivity index (χ4v) is 2.21. The van der Waals surface area contributed by atoms with Gasteiger partial charge in [-0.05, 0) is 30.3 Å². The van der Waals surface area contributed by atoms with Crippen molar-refractivity contribution in [2.24, 2.45) is 5.14 Å². The first-order valence-electron chi connectivity index (χ1n) is 5.99. The predicted molar refractivity (Wildman–Crippen MR) is 80.3 cm³/mol. The molecule has 2 aromatic carbocycles. The van der Waals surface area contributed by atoms with Gasteiger partial charge >= 0.3 is 0 Å². The second-order valence-electron chi connectivity index (χ2n) is 4.39. The molecule has 0 aliphatic carbocycles. The summed E-state index contributed by atoms with van der Waals surface area (Å²) in [6.45, 7) is 0.310. The van der Waals surface area contributed by atoms with E-state index in [9.17, 15) is 18.6 Å². The Labute approximate surface area is 122 Å². The van der Waals surface area contributed by atoms with Crippen molar-refractivity contribution in [1.82, 2.24) is 0 Å². The molecule has 0 saturated carbocycles. The Morgan fingerprint density at radius 2 is 1.76 bits per heavy atom. The first-order valence-corrected chi connectivity index (χ1v) is 7.53. The van der Waals surface area contributed by atoms with Crippen LogP contribution in [0, 0.1) is 0 Å². The minimum atomic E-state index is -3.82. The van der Waals surface area contributed by atoms with E-state index in [1.54, 1.807) is 30.3 Å². The van der Waals surface area contributed by atoms with Crippen molar-refractivity contribution in [2.75, 3.05) is 10.0 Å². The van der Waals surface area contributed by atoms with E-state index in [1.807, 2.05) is 0 Å². The van der Waals surface area contributed by atoms with Gasteiger partial charge in [-0.3, -0.25) is 4.72 Å². The summed E-state index contributed by atoms with van der Waals surface area (Å²) in [5.41, 5.74) is 1.58. The van der Waals surface area contributed by atoms with E-state index in [0.29, 0.717) is 23.5 Å². The zero-order chi connectivity index (χ0) is 15.5. The number of nitrogens with one attached hydrogen (secondary N) is 2. The number of phenols is 2. The molecule has 6 N–H and O–H groups in total. The van der Waals surface area contributed by atoms with Crippen LogP contribution in [0.1, 0.15) is 5.56 Å². The van der Waals surface area contributed by atoms with Gasteiger partial charge in [-0.25, -0.2) is 5.14 Å². The van der Waals surface area contributed by atoms with Crippen LogP contribution in [0.25, 0.3) is 0 Å². The van der Waals surface area contributed by atoms with Gasteiger partial charge in [0.05, 0.1) is 5.69 Å². The van der Waals surface area contributed by atoms with Crippen LogP contribution in [-0.2, 0) is 16.8 Å². The first kappa shape index (κ1) is 14.9. The molecule has 8 heteroatoms. The van der Waals surface area contributed by atoms with E-state index in [-0.39, 0.29) is 11.5 Å².